The predicted octanol–water partition coefficient (Wildman–Crippen LogP) is 9.65. The molecule has 0 bridgehead atoms. The lowest BCUT2D eigenvalue weighted by atomic mass is 10.0. The van der Waals surface area contributed by atoms with E-state index in [-0.39, 0.29) is 46.0 Å². The Morgan fingerprint density at radius 3 is 1.29 bits per heavy atom. The quantitative estimate of drug-likeness (QED) is 0.0459. The van der Waals surface area contributed by atoms with Gasteiger partial charge in [0.25, 0.3) is 23.2 Å². The topological polar surface area (TPSA) is 171 Å². The smallest absolute Gasteiger partial charge is 0.338 e. The molecule has 12 nitrogen and oxygen atoms in total. The number of amides is 2. The minimum atomic E-state index is -0.632. The zero-order valence-electron chi connectivity index (χ0n) is 28.1. The SMILES string of the molecule is CCCCCCCCCCCCCCCCOC(=O)c1cc(NC(=O)c2ccc([N+](=O)[O-])cc2)cc(NC(=O)c2ccc([N+](=O)[O-])cc2)c1. The van der Waals surface area contributed by atoms with Gasteiger partial charge in [-0.15, -0.1) is 0 Å². The molecule has 2 amide bonds. The summed E-state index contributed by atoms with van der Waals surface area (Å²) < 4.78 is 5.50. The molecule has 0 saturated heterocycles. The largest absolute Gasteiger partial charge is 0.462 e. The number of carbonyl (C=O) groups excluding carboxylic acids is 3. The lowest BCUT2D eigenvalue weighted by molar-refractivity contribution is -0.385. The highest BCUT2D eigenvalue weighted by Crippen LogP contribution is 2.23. The van der Waals surface area contributed by atoms with Crippen LogP contribution in [0.5, 0.6) is 0 Å². The zero-order chi connectivity index (χ0) is 35.4. The molecule has 0 spiro atoms. The molecule has 12 heteroatoms. The third-order valence-electron chi connectivity index (χ3n) is 8.10. The first kappa shape index (κ1) is 38.3. The molecule has 0 aromatic heterocycles. The van der Waals surface area contributed by atoms with Crippen LogP contribution in [0.25, 0.3) is 0 Å². The number of nitrogens with zero attached hydrogens (tertiary/aromatic N) is 2. The van der Waals surface area contributed by atoms with Crippen LogP contribution in [0.15, 0.2) is 66.7 Å². The molecular formula is C37H46N4O8. The van der Waals surface area contributed by atoms with Gasteiger partial charge < -0.3 is 15.4 Å². The fourth-order valence-electron chi connectivity index (χ4n) is 5.31. The van der Waals surface area contributed by atoms with Crippen LogP contribution in [0.4, 0.5) is 22.7 Å². The van der Waals surface area contributed by atoms with E-state index in [0.717, 1.165) is 19.3 Å². The normalized spacial score (nSPS) is 10.7. The Labute approximate surface area is 286 Å². The number of anilines is 2. The molecule has 49 heavy (non-hydrogen) atoms. The van der Waals surface area contributed by atoms with Crippen LogP contribution in [0.3, 0.4) is 0 Å². The van der Waals surface area contributed by atoms with Crippen molar-refractivity contribution in [3.8, 4) is 0 Å². The van der Waals surface area contributed by atoms with Gasteiger partial charge in [-0.1, -0.05) is 90.4 Å². The van der Waals surface area contributed by atoms with Crippen molar-refractivity contribution in [3.63, 3.8) is 0 Å². The molecule has 0 radical (unpaired) electrons. The summed E-state index contributed by atoms with van der Waals surface area (Å²) in [4.78, 5) is 59.6. The van der Waals surface area contributed by atoms with Crippen LogP contribution < -0.4 is 10.6 Å². The molecule has 0 atom stereocenters. The van der Waals surface area contributed by atoms with Gasteiger partial charge in [0.15, 0.2) is 0 Å². The standard InChI is InChI=1S/C37H46N4O8/c1-2-3-4-5-6-7-8-9-10-11-12-13-14-15-24-49-37(44)30-25-31(38-35(42)28-16-20-33(21-17-28)40(45)46)27-32(26-30)39-36(43)29-18-22-34(23-19-29)41(47)48/h16-23,25-27H,2-15,24H2,1H3,(H,38,42)(H,39,43). The number of hydrogen-bond acceptors (Lipinski definition) is 8. The molecule has 0 saturated carbocycles. The van der Waals surface area contributed by atoms with E-state index < -0.39 is 27.6 Å². The molecule has 3 aromatic carbocycles. The molecule has 262 valence electrons. The molecule has 2 N–H and O–H groups in total. The van der Waals surface area contributed by atoms with Crippen LogP contribution >= 0.6 is 0 Å². The maximum absolute atomic E-state index is 13.0. The Kier molecular flexibility index (Phi) is 16.4. The summed E-state index contributed by atoms with van der Waals surface area (Å²) in [6, 6.07) is 14.3. The van der Waals surface area contributed by atoms with E-state index in [0.29, 0.717) is 6.42 Å². The molecule has 0 heterocycles. The average Bonchev–Trinajstić information content (AvgIpc) is 3.09. The Morgan fingerprint density at radius 2 is 0.918 bits per heavy atom. The number of carbonyl (C=O) groups is 3. The van der Waals surface area contributed by atoms with Crippen molar-refractivity contribution >= 4 is 40.5 Å². The van der Waals surface area contributed by atoms with Crippen molar-refractivity contribution in [2.24, 2.45) is 0 Å². The summed E-state index contributed by atoms with van der Waals surface area (Å²) in [5.41, 5.74) is 0.390. The Balaban J connectivity index is 1.54. The minimum Gasteiger partial charge on any atom is -0.462 e. The number of hydrogen-bond donors (Lipinski definition) is 2. The summed E-state index contributed by atoms with van der Waals surface area (Å²) in [6.07, 6.45) is 16.9. The van der Waals surface area contributed by atoms with Gasteiger partial charge in [0, 0.05) is 46.8 Å². The van der Waals surface area contributed by atoms with Crippen LogP contribution in [-0.2, 0) is 4.74 Å². The van der Waals surface area contributed by atoms with E-state index in [1.54, 1.807) is 0 Å². The average molecular weight is 675 g/mol. The molecule has 3 aromatic rings. The van der Waals surface area contributed by atoms with Gasteiger partial charge in [-0.2, -0.15) is 0 Å². The first-order chi connectivity index (χ1) is 23.7. The number of ether oxygens (including phenoxy) is 1. The first-order valence-electron chi connectivity index (χ1n) is 17.1. The van der Waals surface area contributed by atoms with Crippen molar-refractivity contribution in [2.75, 3.05) is 17.2 Å². The van der Waals surface area contributed by atoms with Gasteiger partial charge >= 0.3 is 5.97 Å². The van der Waals surface area contributed by atoms with Crippen LogP contribution in [0.1, 0.15) is 128 Å². The Bertz CT molecular complexity index is 1450. The number of non-ortho nitro benzene ring substituents is 2. The minimum absolute atomic E-state index is 0.0888. The second-order valence-electron chi connectivity index (χ2n) is 12.0. The van der Waals surface area contributed by atoms with Crippen molar-refractivity contribution in [2.45, 2.75) is 96.8 Å². The molecule has 0 aliphatic rings. The maximum atomic E-state index is 13.0. The first-order valence-corrected chi connectivity index (χ1v) is 17.1. The molecular weight excluding hydrogens is 628 g/mol. The van der Waals surface area contributed by atoms with Gasteiger partial charge in [-0.05, 0) is 48.9 Å². The Morgan fingerprint density at radius 1 is 0.551 bits per heavy atom. The lowest BCUT2D eigenvalue weighted by Gasteiger charge is -2.12. The van der Waals surface area contributed by atoms with E-state index >= 15 is 0 Å². The highest BCUT2D eigenvalue weighted by atomic mass is 16.6. The van der Waals surface area contributed by atoms with E-state index in [9.17, 15) is 34.6 Å². The lowest BCUT2D eigenvalue weighted by Crippen LogP contribution is -2.16. The number of unbranched alkanes of at least 4 members (excludes halogenated alkanes) is 13. The second-order valence-corrected chi connectivity index (χ2v) is 12.0. The fourth-order valence-corrected chi connectivity index (χ4v) is 5.31. The number of benzene rings is 3. The third kappa shape index (κ3) is 13.9. The summed E-state index contributed by atoms with van der Waals surface area (Å²) in [6.45, 7) is 2.46. The highest BCUT2D eigenvalue weighted by Gasteiger charge is 2.16. The molecule has 0 fully saturated rings. The molecule has 0 aliphatic heterocycles. The van der Waals surface area contributed by atoms with E-state index in [1.165, 1.54) is 131 Å². The van der Waals surface area contributed by atoms with Gasteiger partial charge in [-0.25, -0.2) is 4.79 Å². The second kappa shape index (κ2) is 21.0. The fraction of sp³-hybridized carbons (Fsp3) is 0.432. The highest BCUT2D eigenvalue weighted by molar-refractivity contribution is 6.07. The van der Waals surface area contributed by atoms with Crippen molar-refractivity contribution in [1.29, 1.82) is 0 Å². The number of nitro groups is 2. The van der Waals surface area contributed by atoms with Gasteiger partial charge in [0.2, 0.25) is 0 Å². The van der Waals surface area contributed by atoms with E-state index in [2.05, 4.69) is 17.6 Å². The molecule has 0 aliphatic carbocycles. The van der Waals surface area contributed by atoms with Crippen molar-refractivity contribution in [1.82, 2.24) is 0 Å². The van der Waals surface area contributed by atoms with Crippen LogP contribution in [0.2, 0.25) is 0 Å². The summed E-state index contributed by atoms with van der Waals surface area (Å²) >= 11 is 0. The van der Waals surface area contributed by atoms with Crippen LogP contribution in [-0.4, -0.2) is 34.2 Å². The number of esters is 1. The third-order valence-corrected chi connectivity index (χ3v) is 8.10. The number of nitrogens with one attached hydrogen (secondary N) is 2. The van der Waals surface area contributed by atoms with Gasteiger partial charge in [0.1, 0.15) is 0 Å². The van der Waals surface area contributed by atoms with E-state index in [1.807, 2.05) is 0 Å². The summed E-state index contributed by atoms with van der Waals surface area (Å²) in [5, 5.41) is 27.2. The summed E-state index contributed by atoms with van der Waals surface area (Å²) in [5.74, 6) is -1.81. The molecule has 3 rings (SSSR count). The number of nitro benzene ring substituents is 2. The maximum Gasteiger partial charge on any atom is 0.338 e. The van der Waals surface area contributed by atoms with E-state index in [4.69, 9.17) is 4.74 Å². The van der Waals surface area contributed by atoms with Crippen molar-refractivity contribution < 1.29 is 29.0 Å². The summed E-state index contributed by atoms with van der Waals surface area (Å²) in [7, 11) is 0. The monoisotopic (exact) mass is 674 g/mol. The molecule has 0 unspecified atom stereocenters. The van der Waals surface area contributed by atoms with Crippen LogP contribution in [0, 0.1) is 20.2 Å². The Hall–Kier alpha value is -5.13. The zero-order valence-corrected chi connectivity index (χ0v) is 28.1. The van der Waals surface area contributed by atoms with Gasteiger partial charge in [0.05, 0.1) is 22.0 Å². The predicted molar refractivity (Wildman–Crippen MR) is 189 cm³/mol. The number of rotatable bonds is 22. The van der Waals surface area contributed by atoms with Gasteiger partial charge in [-0.3, -0.25) is 29.8 Å². The van der Waals surface area contributed by atoms with Crippen molar-refractivity contribution in [3.05, 3.63) is 104 Å².